The standard InChI is InChI=1S/C22H17Cl2N3O4.C3H8/c1-11(2)15-10-18(25-26(3)20(15)28)31-19-16(23)8-12(9-17(19)24)27-21(29)13-6-4-5-7-14(13)22(27)30;1-3-2/h4-11H,1-3H3;3H2,1-2H3. The van der Waals surface area contributed by atoms with Gasteiger partial charge in [-0.1, -0.05) is 69.5 Å². The zero-order valence-electron chi connectivity index (χ0n) is 19.6. The number of imide groups is 1. The van der Waals surface area contributed by atoms with Crippen LogP contribution in [-0.4, -0.2) is 21.6 Å². The molecular weight excluding hydrogens is 477 g/mol. The molecule has 0 radical (unpaired) electrons. The van der Waals surface area contributed by atoms with Gasteiger partial charge in [-0.3, -0.25) is 14.4 Å². The van der Waals surface area contributed by atoms with Crippen molar-refractivity contribution in [2.24, 2.45) is 7.05 Å². The maximum Gasteiger partial charge on any atom is 0.270 e. The third-order valence-electron chi connectivity index (χ3n) is 4.93. The summed E-state index contributed by atoms with van der Waals surface area (Å²) in [7, 11) is 1.52. The predicted molar refractivity (Wildman–Crippen MR) is 134 cm³/mol. The average molecular weight is 502 g/mol. The van der Waals surface area contributed by atoms with Gasteiger partial charge >= 0.3 is 0 Å². The minimum absolute atomic E-state index is 0.0359. The minimum Gasteiger partial charge on any atom is -0.434 e. The third-order valence-corrected chi connectivity index (χ3v) is 5.49. The molecule has 2 aromatic carbocycles. The molecule has 0 atom stereocenters. The number of fused-ring (bicyclic) bond motifs is 1. The van der Waals surface area contributed by atoms with E-state index < -0.39 is 11.8 Å². The van der Waals surface area contributed by atoms with Crippen molar-refractivity contribution in [2.75, 3.05) is 4.90 Å². The van der Waals surface area contributed by atoms with Gasteiger partial charge in [-0.25, -0.2) is 9.58 Å². The molecule has 0 aliphatic carbocycles. The van der Waals surface area contributed by atoms with E-state index in [1.165, 1.54) is 36.3 Å². The summed E-state index contributed by atoms with van der Waals surface area (Å²) in [6, 6.07) is 11.0. The van der Waals surface area contributed by atoms with E-state index in [0.29, 0.717) is 16.7 Å². The number of carbonyl (C=O) groups excluding carboxylic acids is 2. The lowest BCUT2D eigenvalue weighted by molar-refractivity contribution is 0.0926. The molecule has 3 aromatic rings. The molecule has 34 heavy (non-hydrogen) atoms. The van der Waals surface area contributed by atoms with Crippen molar-refractivity contribution in [2.45, 2.75) is 40.0 Å². The van der Waals surface area contributed by atoms with Gasteiger partial charge in [0.1, 0.15) is 0 Å². The van der Waals surface area contributed by atoms with E-state index in [-0.39, 0.29) is 38.8 Å². The second-order valence-electron chi connectivity index (χ2n) is 8.06. The molecule has 0 unspecified atom stereocenters. The Bertz CT molecular complexity index is 1260. The number of rotatable bonds is 4. The molecule has 1 aromatic heterocycles. The first-order valence-electron chi connectivity index (χ1n) is 10.8. The van der Waals surface area contributed by atoms with Gasteiger partial charge in [-0.2, -0.15) is 0 Å². The fraction of sp³-hybridized carbons (Fsp3) is 0.280. The van der Waals surface area contributed by atoms with E-state index in [1.54, 1.807) is 24.3 Å². The highest BCUT2D eigenvalue weighted by atomic mass is 35.5. The normalized spacial score (nSPS) is 12.5. The largest absolute Gasteiger partial charge is 0.434 e. The molecule has 0 saturated carbocycles. The smallest absolute Gasteiger partial charge is 0.270 e. The average Bonchev–Trinajstić information content (AvgIpc) is 3.03. The second kappa shape index (κ2) is 10.4. The number of anilines is 1. The molecule has 0 saturated heterocycles. The summed E-state index contributed by atoms with van der Waals surface area (Å²) in [6.45, 7) is 8.02. The Kier molecular flexibility index (Phi) is 7.79. The van der Waals surface area contributed by atoms with Crippen molar-refractivity contribution in [3.8, 4) is 11.6 Å². The number of benzene rings is 2. The van der Waals surface area contributed by atoms with Gasteiger partial charge in [0, 0.05) is 18.7 Å². The van der Waals surface area contributed by atoms with Crippen LogP contribution in [0.15, 0.2) is 47.3 Å². The van der Waals surface area contributed by atoms with Crippen molar-refractivity contribution >= 4 is 40.7 Å². The highest BCUT2D eigenvalue weighted by Gasteiger charge is 2.37. The molecule has 2 amide bonds. The molecule has 178 valence electrons. The van der Waals surface area contributed by atoms with Crippen LogP contribution in [0.4, 0.5) is 5.69 Å². The number of halogens is 2. The monoisotopic (exact) mass is 501 g/mol. The summed E-state index contributed by atoms with van der Waals surface area (Å²) < 4.78 is 6.96. The molecule has 1 aliphatic rings. The lowest BCUT2D eigenvalue weighted by Gasteiger charge is -2.17. The molecule has 0 bridgehead atoms. The molecule has 2 heterocycles. The molecule has 0 N–H and O–H groups in total. The van der Waals surface area contributed by atoms with Gasteiger partial charge in [0.05, 0.1) is 26.9 Å². The fourth-order valence-electron chi connectivity index (χ4n) is 3.37. The molecule has 1 aliphatic heterocycles. The summed E-state index contributed by atoms with van der Waals surface area (Å²) in [4.78, 5) is 38.7. The summed E-state index contributed by atoms with van der Waals surface area (Å²) in [6.07, 6.45) is 1.25. The number of amides is 2. The van der Waals surface area contributed by atoms with Crippen molar-refractivity contribution < 1.29 is 14.3 Å². The van der Waals surface area contributed by atoms with Gasteiger partial charge in [-0.15, -0.1) is 5.10 Å². The number of hydrogen-bond acceptors (Lipinski definition) is 5. The lowest BCUT2D eigenvalue weighted by Crippen LogP contribution is -2.29. The van der Waals surface area contributed by atoms with E-state index in [0.717, 1.165) is 4.90 Å². The Labute approximate surface area is 207 Å². The van der Waals surface area contributed by atoms with E-state index in [9.17, 15) is 14.4 Å². The highest BCUT2D eigenvalue weighted by molar-refractivity contribution is 6.39. The van der Waals surface area contributed by atoms with Gasteiger partial charge in [0.25, 0.3) is 17.4 Å². The van der Waals surface area contributed by atoms with Crippen LogP contribution in [0.2, 0.25) is 10.0 Å². The first-order chi connectivity index (χ1) is 16.1. The van der Waals surface area contributed by atoms with E-state index in [2.05, 4.69) is 18.9 Å². The van der Waals surface area contributed by atoms with E-state index in [4.69, 9.17) is 27.9 Å². The predicted octanol–water partition coefficient (Wildman–Crippen LogP) is 6.22. The zero-order valence-corrected chi connectivity index (χ0v) is 21.1. The van der Waals surface area contributed by atoms with Crippen LogP contribution >= 0.6 is 23.2 Å². The zero-order chi connectivity index (χ0) is 25.2. The quantitative estimate of drug-likeness (QED) is 0.396. The molecule has 0 spiro atoms. The van der Waals surface area contributed by atoms with Gasteiger partial charge in [-0.05, 0) is 30.2 Å². The van der Waals surface area contributed by atoms with Crippen LogP contribution in [-0.2, 0) is 7.05 Å². The Morgan fingerprint density at radius 2 is 1.44 bits per heavy atom. The molecule has 0 fully saturated rings. The van der Waals surface area contributed by atoms with Crippen LogP contribution < -0.4 is 15.2 Å². The van der Waals surface area contributed by atoms with Crippen molar-refractivity contribution in [3.05, 3.63) is 79.6 Å². The third kappa shape index (κ3) is 4.86. The summed E-state index contributed by atoms with van der Waals surface area (Å²) in [5, 5.41) is 4.26. The molecular formula is C25H25Cl2N3O4. The fourth-order valence-corrected chi connectivity index (χ4v) is 3.92. The number of nitrogens with zero attached hydrogens (tertiary/aromatic N) is 3. The SMILES string of the molecule is CC(C)c1cc(Oc2c(Cl)cc(N3C(=O)c4ccccc4C3=O)cc2Cl)nn(C)c1=O.CCC. The first kappa shape index (κ1) is 25.5. The summed E-state index contributed by atoms with van der Waals surface area (Å²) in [5.41, 5.74) is 1.17. The molecule has 9 heteroatoms. The Hall–Kier alpha value is -3.16. The van der Waals surface area contributed by atoms with Crippen LogP contribution in [0, 0.1) is 0 Å². The number of aromatic nitrogens is 2. The Morgan fingerprint density at radius 3 is 1.91 bits per heavy atom. The number of hydrogen-bond donors (Lipinski definition) is 0. The van der Waals surface area contributed by atoms with E-state index in [1.807, 2.05) is 13.8 Å². The molecule has 4 rings (SSSR count). The van der Waals surface area contributed by atoms with Crippen molar-refractivity contribution in [1.82, 2.24) is 9.78 Å². The van der Waals surface area contributed by atoms with Gasteiger partial charge in [0.15, 0.2) is 5.75 Å². The summed E-state index contributed by atoms with van der Waals surface area (Å²) in [5.74, 6) is -0.704. The number of ether oxygens (including phenoxy) is 1. The van der Waals surface area contributed by atoms with Crippen LogP contribution in [0.25, 0.3) is 0 Å². The summed E-state index contributed by atoms with van der Waals surface area (Å²) >= 11 is 12.8. The maximum atomic E-state index is 12.7. The minimum atomic E-state index is -0.456. The second-order valence-corrected chi connectivity index (χ2v) is 8.87. The number of carbonyl (C=O) groups is 2. The van der Waals surface area contributed by atoms with Crippen molar-refractivity contribution in [3.63, 3.8) is 0 Å². The topological polar surface area (TPSA) is 81.5 Å². The van der Waals surface area contributed by atoms with Gasteiger partial charge < -0.3 is 4.74 Å². The Balaban J connectivity index is 0.00000103. The number of aryl methyl sites for hydroxylation is 1. The van der Waals surface area contributed by atoms with Gasteiger partial charge in [0.2, 0.25) is 5.88 Å². The lowest BCUT2D eigenvalue weighted by atomic mass is 10.1. The van der Waals surface area contributed by atoms with Crippen molar-refractivity contribution in [1.29, 1.82) is 0 Å². The maximum absolute atomic E-state index is 12.7. The van der Waals surface area contributed by atoms with E-state index >= 15 is 0 Å². The highest BCUT2D eigenvalue weighted by Crippen LogP contribution is 2.41. The first-order valence-corrected chi connectivity index (χ1v) is 11.6. The molecule has 7 nitrogen and oxygen atoms in total. The Morgan fingerprint density at radius 1 is 0.941 bits per heavy atom. The van der Waals surface area contributed by atoms with Crippen LogP contribution in [0.5, 0.6) is 11.6 Å². The van der Waals surface area contributed by atoms with Crippen LogP contribution in [0.1, 0.15) is 66.3 Å². The van der Waals surface area contributed by atoms with Crippen LogP contribution in [0.3, 0.4) is 0 Å².